The minimum Gasteiger partial charge on any atom is -0.481 e. The van der Waals surface area contributed by atoms with Crippen LogP contribution in [0.15, 0.2) is 6.20 Å². The molecule has 1 aromatic heterocycles. The van der Waals surface area contributed by atoms with Gasteiger partial charge in [0.05, 0.1) is 17.3 Å². The molecule has 0 atom stereocenters. The van der Waals surface area contributed by atoms with Gasteiger partial charge in [-0.25, -0.2) is 4.98 Å². The van der Waals surface area contributed by atoms with Gasteiger partial charge in [-0.1, -0.05) is 0 Å². The molecule has 0 spiro atoms. The van der Waals surface area contributed by atoms with Crippen molar-refractivity contribution in [3.63, 3.8) is 0 Å². The standard InChI is InChI=1S/C10H13N3O2/c1-6-3-11-7(2)9(12-6)13-4-8(5-13)10(14)15/h3,8H,4-5H2,1-2H3,(H,14,15). The summed E-state index contributed by atoms with van der Waals surface area (Å²) < 4.78 is 0. The lowest BCUT2D eigenvalue weighted by molar-refractivity contribution is -0.142. The summed E-state index contributed by atoms with van der Waals surface area (Å²) in [6, 6.07) is 0. The number of hydrogen-bond donors (Lipinski definition) is 1. The number of aliphatic carboxylic acids is 1. The zero-order chi connectivity index (χ0) is 11.0. The van der Waals surface area contributed by atoms with E-state index in [9.17, 15) is 4.79 Å². The summed E-state index contributed by atoms with van der Waals surface area (Å²) in [7, 11) is 0. The minimum atomic E-state index is -0.732. The van der Waals surface area contributed by atoms with Crippen LogP contribution in [0.25, 0.3) is 0 Å². The molecule has 1 saturated heterocycles. The first kappa shape index (κ1) is 9.89. The molecular weight excluding hydrogens is 194 g/mol. The average molecular weight is 207 g/mol. The van der Waals surface area contributed by atoms with Crippen molar-refractivity contribution < 1.29 is 9.90 Å². The van der Waals surface area contributed by atoms with E-state index in [1.54, 1.807) is 6.20 Å². The summed E-state index contributed by atoms with van der Waals surface area (Å²) in [5.74, 6) is -0.177. The molecule has 1 aliphatic heterocycles. The van der Waals surface area contributed by atoms with Crippen LogP contribution >= 0.6 is 0 Å². The van der Waals surface area contributed by atoms with E-state index in [0.29, 0.717) is 13.1 Å². The monoisotopic (exact) mass is 207 g/mol. The largest absolute Gasteiger partial charge is 0.481 e. The quantitative estimate of drug-likeness (QED) is 0.769. The molecule has 2 rings (SSSR count). The lowest BCUT2D eigenvalue weighted by Gasteiger charge is -2.38. The summed E-state index contributed by atoms with van der Waals surface area (Å²) in [5.41, 5.74) is 1.71. The van der Waals surface area contributed by atoms with Crippen LogP contribution in [0.1, 0.15) is 11.4 Å². The third-order valence-corrected chi connectivity index (χ3v) is 2.58. The van der Waals surface area contributed by atoms with Crippen LogP contribution in [0.4, 0.5) is 5.82 Å². The van der Waals surface area contributed by atoms with Gasteiger partial charge >= 0.3 is 5.97 Å². The number of carbonyl (C=O) groups is 1. The number of hydrogen-bond acceptors (Lipinski definition) is 4. The van der Waals surface area contributed by atoms with Crippen LogP contribution < -0.4 is 4.90 Å². The number of rotatable bonds is 2. The Morgan fingerprint density at radius 1 is 1.53 bits per heavy atom. The highest BCUT2D eigenvalue weighted by Gasteiger charge is 2.34. The maximum absolute atomic E-state index is 10.6. The smallest absolute Gasteiger partial charge is 0.310 e. The zero-order valence-corrected chi connectivity index (χ0v) is 8.77. The van der Waals surface area contributed by atoms with Gasteiger partial charge < -0.3 is 10.0 Å². The van der Waals surface area contributed by atoms with Crippen LogP contribution in [-0.2, 0) is 4.79 Å². The molecule has 2 heterocycles. The molecule has 0 amide bonds. The summed E-state index contributed by atoms with van der Waals surface area (Å²) in [6.45, 7) is 4.84. The summed E-state index contributed by atoms with van der Waals surface area (Å²) in [5, 5.41) is 8.76. The van der Waals surface area contributed by atoms with E-state index in [4.69, 9.17) is 5.11 Å². The van der Waals surface area contributed by atoms with E-state index in [-0.39, 0.29) is 5.92 Å². The lowest BCUT2D eigenvalue weighted by Crippen LogP contribution is -2.51. The van der Waals surface area contributed by atoms with Gasteiger partial charge in [-0.3, -0.25) is 9.78 Å². The normalized spacial score (nSPS) is 16.3. The van der Waals surface area contributed by atoms with Gasteiger partial charge in [0.2, 0.25) is 0 Å². The van der Waals surface area contributed by atoms with Crippen molar-refractivity contribution in [2.45, 2.75) is 13.8 Å². The molecule has 1 fully saturated rings. The van der Waals surface area contributed by atoms with Crippen LogP contribution in [0.5, 0.6) is 0 Å². The Kier molecular flexibility index (Phi) is 2.30. The maximum atomic E-state index is 10.6. The van der Waals surface area contributed by atoms with Crippen molar-refractivity contribution in [3.8, 4) is 0 Å². The second-order valence-corrected chi connectivity index (χ2v) is 3.86. The molecule has 5 heteroatoms. The topological polar surface area (TPSA) is 66.3 Å². The maximum Gasteiger partial charge on any atom is 0.310 e. The molecule has 80 valence electrons. The number of carboxylic acid groups (broad SMARTS) is 1. The van der Waals surface area contributed by atoms with E-state index < -0.39 is 5.97 Å². The zero-order valence-electron chi connectivity index (χ0n) is 8.77. The first-order chi connectivity index (χ1) is 7.08. The number of anilines is 1. The first-order valence-electron chi connectivity index (χ1n) is 4.86. The van der Waals surface area contributed by atoms with Crippen molar-refractivity contribution in [2.24, 2.45) is 5.92 Å². The Labute approximate surface area is 87.8 Å². The number of carboxylic acids is 1. The molecule has 0 bridgehead atoms. The van der Waals surface area contributed by atoms with Crippen molar-refractivity contribution in [1.29, 1.82) is 0 Å². The summed E-state index contributed by atoms with van der Waals surface area (Å²) in [6.07, 6.45) is 1.72. The van der Waals surface area contributed by atoms with Crippen molar-refractivity contribution in [3.05, 3.63) is 17.6 Å². The van der Waals surface area contributed by atoms with E-state index in [1.165, 1.54) is 0 Å². The summed E-state index contributed by atoms with van der Waals surface area (Å²) in [4.78, 5) is 21.2. The van der Waals surface area contributed by atoms with Crippen molar-refractivity contribution >= 4 is 11.8 Å². The van der Waals surface area contributed by atoms with Gasteiger partial charge in [0.25, 0.3) is 0 Å². The molecule has 0 aliphatic carbocycles. The third-order valence-electron chi connectivity index (χ3n) is 2.58. The lowest BCUT2D eigenvalue weighted by atomic mass is 10.0. The van der Waals surface area contributed by atoms with Gasteiger partial charge in [-0.15, -0.1) is 0 Å². The van der Waals surface area contributed by atoms with E-state index >= 15 is 0 Å². The fraction of sp³-hybridized carbons (Fsp3) is 0.500. The van der Waals surface area contributed by atoms with E-state index in [0.717, 1.165) is 17.2 Å². The highest BCUT2D eigenvalue weighted by atomic mass is 16.4. The molecule has 1 aromatic rings. The number of nitrogens with zero attached hydrogens (tertiary/aromatic N) is 3. The molecule has 0 unspecified atom stereocenters. The third kappa shape index (κ3) is 1.77. The van der Waals surface area contributed by atoms with Crippen molar-refractivity contribution in [2.75, 3.05) is 18.0 Å². The molecular formula is C10H13N3O2. The molecule has 0 radical (unpaired) electrons. The van der Waals surface area contributed by atoms with Gasteiger partial charge in [0.1, 0.15) is 5.82 Å². The molecule has 15 heavy (non-hydrogen) atoms. The first-order valence-corrected chi connectivity index (χ1v) is 4.86. The second kappa shape index (κ2) is 3.49. The predicted molar refractivity (Wildman–Crippen MR) is 54.8 cm³/mol. The highest BCUT2D eigenvalue weighted by molar-refractivity contribution is 5.74. The Morgan fingerprint density at radius 3 is 2.80 bits per heavy atom. The molecule has 1 aliphatic rings. The Bertz CT molecular complexity index is 400. The number of aromatic nitrogens is 2. The van der Waals surface area contributed by atoms with E-state index in [1.807, 2.05) is 18.7 Å². The van der Waals surface area contributed by atoms with Crippen LogP contribution in [0.2, 0.25) is 0 Å². The minimum absolute atomic E-state index is 0.258. The second-order valence-electron chi connectivity index (χ2n) is 3.86. The molecule has 5 nitrogen and oxygen atoms in total. The van der Waals surface area contributed by atoms with Crippen LogP contribution in [0, 0.1) is 19.8 Å². The van der Waals surface area contributed by atoms with Gasteiger partial charge in [0, 0.05) is 19.3 Å². The SMILES string of the molecule is Cc1cnc(C)c(N2CC(C(=O)O)C2)n1. The van der Waals surface area contributed by atoms with Gasteiger partial charge in [0.15, 0.2) is 0 Å². The fourth-order valence-electron chi connectivity index (χ4n) is 1.63. The Balaban J connectivity index is 2.12. The fourth-order valence-corrected chi connectivity index (χ4v) is 1.63. The van der Waals surface area contributed by atoms with E-state index in [2.05, 4.69) is 9.97 Å². The van der Waals surface area contributed by atoms with Gasteiger partial charge in [-0.05, 0) is 13.8 Å². The van der Waals surface area contributed by atoms with Crippen LogP contribution in [-0.4, -0.2) is 34.1 Å². The van der Waals surface area contributed by atoms with Gasteiger partial charge in [-0.2, -0.15) is 0 Å². The molecule has 0 saturated carbocycles. The Hall–Kier alpha value is -1.65. The Morgan fingerprint density at radius 2 is 2.20 bits per heavy atom. The predicted octanol–water partition coefficient (Wildman–Crippen LogP) is 0.614. The van der Waals surface area contributed by atoms with Crippen LogP contribution in [0.3, 0.4) is 0 Å². The summed E-state index contributed by atoms with van der Waals surface area (Å²) >= 11 is 0. The number of aryl methyl sites for hydroxylation is 2. The molecule has 1 N–H and O–H groups in total. The molecule has 0 aromatic carbocycles. The average Bonchev–Trinajstić information content (AvgIpc) is 2.08. The van der Waals surface area contributed by atoms with Crippen molar-refractivity contribution in [1.82, 2.24) is 9.97 Å². The highest BCUT2D eigenvalue weighted by Crippen LogP contribution is 2.24.